The Bertz CT molecular complexity index is 1060. The average molecular weight is 406 g/mol. The molecule has 0 unspecified atom stereocenters. The second kappa shape index (κ2) is 7.34. The number of ether oxygens (including phenoxy) is 2. The monoisotopic (exact) mass is 405 g/mol. The lowest BCUT2D eigenvalue weighted by atomic mass is 10.2. The van der Waals surface area contributed by atoms with Crippen LogP contribution in [0.1, 0.15) is 12.0 Å². The molecule has 2 aromatic heterocycles. The van der Waals surface area contributed by atoms with E-state index in [1.165, 1.54) is 11.3 Å². The Morgan fingerprint density at radius 2 is 2.00 bits per heavy atom. The maximum Gasteiger partial charge on any atom is 0.250 e. The number of hydrogen-bond donors (Lipinski definition) is 1. The molecular formula is C18H19N3O4S2. The van der Waals surface area contributed by atoms with Crippen LogP contribution in [0, 0.1) is 0 Å². The van der Waals surface area contributed by atoms with Gasteiger partial charge < -0.3 is 9.47 Å². The van der Waals surface area contributed by atoms with Crippen molar-refractivity contribution >= 4 is 21.4 Å². The second-order valence-corrected chi connectivity index (χ2v) is 9.26. The summed E-state index contributed by atoms with van der Waals surface area (Å²) in [6.45, 7) is 1.39. The Balaban J connectivity index is 1.48. The van der Waals surface area contributed by atoms with Crippen molar-refractivity contribution in [1.29, 1.82) is 0 Å². The van der Waals surface area contributed by atoms with Gasteiger partial charge in [0.25, 0.3) is 0 Å². The summed E-state index contributed by atoms with van der Waals surface area (Å²) in [7, 11) is -1.77. The van der Waals surface area contributed by atoms with Crippen molar-refractivity contribution in [2.45, 2.75) is 17.2 Å². The molecule has 0 amide bonds. The lowest BCUT2D eigenvalue weighted by Crippen LogP contribution is -2.22. The largest absolute Gasteiger partial charge is 0.490 e. The molecule has 9 heteroatoms. The third-order valence-corrected chi connectivity index (χ3v) is 7.14. The lowest BCUT2D eigenvalue weighted by Gasteiger charge is -2.10. The Morgan fingerprint density at radius 1 is 1.19 bits per heavy atom. The van der Waals surface area contributed by atoms with Crippen molar-refractivity contribution in [3.63, 3.8) is 0 Å². The molecule has 1 aromatic carbocycles. The first-order valence-corrected chi connectivity index (χ1v) is 10.8. The van der Waals surface area contributed by atoms with E-state index in [1.54, 1.807) is 23.0 Å². The zero-order valence-corrected chi connectivity index (χ0v) is 16.3. The van der Waals surface area contributed by atoms with Crippen LogP contribution >= 0.6 is 11.3 Å². The van der Waals surface area contributed by atoms with Crippen molar-refractivity contribution < 1.29 is 17.9 Å². The van der Waals surface area contributed by atoms with Crippen molar-refractivity contribution in [3.8, 4) is 21.9 Å². The van der Waals surface area contributed by atoms with Crippen LogP contribution in [0.2, 0.25) is 0 Å². The third kappa shape index (κ3) is 4.00. The van der Waals surface area contributed by atoms with E-state index >= 15 is 0 Å². The molecule has 0 saturated heterocycles. The maximum atomic E-state index is 12.6. The molecule has 142 valence electrons. The predicted molar refractivity (Wildman–Crippen MR) is 103 cm³/mol. The maximum absolute atomic E-state index is 12.6. The molecule has 3 aromatic rings. The van der Waals surface area contributed by atoms with Crippen molar-refractivity contribution in [1.82, 2.24) is 14.5 Å². The van der Waals surface area contributed by atoms with Crippen LogP contribution < -0.4 is 14.2 Å². The highest BCUT2D eigenvalue weighted by molar-refractivity contribution is 7.91. The van der Waals surface area contributed by atoms with Gasteiger partial charge in [-0.3, -0.25) is 4.68 Å². The van der Waals surface area contributed by atoms with Gasteiger partial charge >= 0.3 is 0 Å². The molecular weight excluding hydrogens is 386 g/mol. The summed E-state index contributed by atoms with van der Waals surface area (Å²) in [6, 6.07) is 8.88. The molecule has 27 heavy (non-hydrogen) atoms. The highest BCUT2D eigenvalue weighted by Crippen LogP contribution is 2.32. The number of benzene rings is 1. The summed E-state index contributed by atoms with van der Waals surface area (Å²) in [5, 5.41) is 4.12. The Hall–Kier alpha value is -2.36. The van der Waals surface area contributed by atoms with E-state index < -0.39 is 10.0 Å². The van der Waals surface area contributed by atoms with Crippen molar-refractivity contribution in [3.05, 3.63) is 48.3 Å². The van der Waals surface area contributed by atoms with Gasteiger partial charge in [-0.2, -0.15) is 5.10 Å². The fourth-order valence-electron chi connectivity index (χ4n) is 2.74. The standard InChI is InChI=1S/C18H19N3O4S2/c1-21-12-14(11-19-21)17-5-6-18(26-17)27(22,23)20-10-13-3-4-15-16(9-13)25-8-2-7-24-15/h3-6,9,11-12,20H,2,7-8,10H2,1H3. The van der Waals surface area contributed by atoms with Crippen molar-refractivity contribution in [2.24, 2.45) is 7.05 Å². The highest BCUT2D eigenvalue weighted by Gasteiger charge is 2.18. The third-order valence-electron chi connectivity index (χ3n) is 4.11. The summed E-state index contributed by atoms with van der Waals surface area (Å²) in [6.07, 6.45) is 4.40. The Morgan fingerprint density at radius 3 is 2.78 bits per heavy atom. The molecule has 0 atom stereocenters. The fraction of sp³-hybridized carbons (Fsp3) is 0.278. The minimum absolute atomic E-state index is 0.180. The number of thiophene rings is 1. The summed E-state index contributed by atoms with van der Waals surface area (Å²) in [5.74, 6) is 1.35. The molecule has 0 saturated carbocycles. The van der Waals surface area contributed by atoms with Gasteiger partial charge in [0, 0.05) is 36.7 Å². The number of sulfonamides is 1. The zero-order chi connectivity index (χ0) is 18.9. The van der Waals surface area contributed by atoms with Gasteiger partial charge in [0.2, 0.25) is 10.0 Å². The van der Waals surface area contributed by atoms with Crippen LogP contribution in [0.25, 0.3) is 10.4 Å². The van der Waals surface area contributed by atoms with Crippen LogP contribution in [0.15, 0.2) is 46.9 Å². The minimum Gasteiger partial charge on any atom is -0.490 e. The Kier molecular flexibility index (Phi) is 4.90. The number of fused-ring (bicyclic) bond motifs is 1. The lowest BCUT2D eigenvalue weighted by molar-refractivity contribution is 0.297. The average Bonchev–Trinajstić information content (AvgIpc) is 3.24. The van der Waals surface area contributed by atoms with Crippen LogP contribution in [-0.4, -0.2) is 31.4 Å². The van der Waals surface area contributed by atoms with E-state index in [2.05, 4.69) is 9.82 Å². The normalized spacial score (nSPS) is 14.1. The van der Waals surface area contributed by atoms with E-state index in [1.807, 2.05) is 31.4 Å². The van der Waals surface area contributed by atoms with Gasteiger partial charge in [-0.1, -0.05) is 6.07 Å². The van der Waals surface area contributed by atoms with E-state index in [0.717, 1.165) is 22.4 Å². The SMILES string of the molecule is Cn1cc(-c2ccc(S(=O)(=O)NCc3ccc4c(c3)OCCCO4)s2)cn1. The number of rotatable bonds is 5. The molecule has 0 aliphatic carbocycles. The molecule has 0 radical (unpaired) electrons. The van der Waals surface area contributed by atoms with Crippen LogP contribution in [0.3, 0.4) is 0 Å². The summed E-state index contributed by atoms with van der Waals surface area (Å²) in [5.41, 5.74) is 1.71. The van der Waals surface area contributed by atoms with Crippen LogP contribution in [-0.2, 0) is 23.6 Å². The molecule has 0 spiro atoms. The summed E-state index contributed by atoms with van der Waals surface area (Å²) < 4.78 is 41.1. The minimum atomic E-state index is -3.60. The number of nitrogens with one attached hydrogen (secondary N) is 1. The number of aromatic nitrogens is 2. The molecule has 1 aliphatic rings. The molecule has 0 bridgehead atoms. The molecule has 1 aliphatic heterocycles. The number of aryl methyl sites for hydroxylation is 1. The van der Waals surface area contributed by atoms with Gasteiger partial charge in [0.1, 0.15) is 4.21 Å². The summed E-state index contributed by atoms with van der Waals surface area (Å²) in [4.78, 5) is 0.860. The Labute approximate surface area is 161 Å². The first kappa shape index (κ1) is 18.0. The van der Waals surface area contributed by atoms with Crippen LogP contribution in [0.5, 0.6) is 11.5 Å². The highest BCUT2D eigenvalue weighted by atomic mass is 32.2. The first-order valence-electron chi connectivity index (χ1n) is 8.48. The topological polar surface area (TPSA) is 82.5 Å². The molecule has 1 N–H and O–H groups in total. The van der Waals surface area contributed by atoms with E-state index in [9.17, 15) is 8.42 Å². The van der Waals surface area contributed by atoms with Crippen molar-refractivity contribution in [2.75, 3.05) is 13.2 Å². The van der Waals surface area contributed by atoms with Gasteiger partial charge in [-0.05, 0) is 29.8 Å². The van der Waals surface area contributed by atoms with Gasteiger partial charge in [-0.15, -0.1) is 11.3 Å². The molecule has 7 nitrogen and oxygen atoms in total. The summed E-state index contributed by atoms with van der Waals surface area (Å²) >= 11 is 1.22. The van der Waals surface area contributed by atoms with Gasteiger partial charge in [-0.25, -0.2) is 13.1 Å². The van der Waals surface area contributed by atoms with Gasteiger partial charge in [0.05, 0.1) is 19.4 Å². The van der Waals surface area contributed by atoms with E-state index in [-0.39, 0.29) is 10.8 Å². The molecule has 4 rings (SSSR count). The fourth-order valence-corrected chi connectivity index (χ4v) is 5.08. The quantitative estimate of drug-likeness (QED) is 0.706. The predicted octanol–water partition coefficient (Wildman–Crippen LogP) is 2.79. The van der Waals surface area contributed by atoms with Crippen LogP contribution in [0.4, 0.5) is 0 Å². The second-order valence-electron chi connectivity index (χ2n) is 6.18. The number of nitrogens with zero attached hydrogens (tertiary/aromatic N) is 2. The first-order chi connectivity index (χ1) is 13.0. The molecule has 0 fully saturated rings. The van der Waals surface area contributed by atoms with E-state index in [4.69, 9.17) is 9.47 Å². The zero-order valence-electron chi connectivity index (χ0n) is 14.7. The number of hydrogen-bond acceptors (Lipinski definition) is 6. The smallest absolute Gasteiger partial charge is 0.250 e. The van der Waals surface area contributed by atoms with Gasteiger partial charge in [0.15, 0.2) is 11.5 Å². The molecule has 3 heterocycles. The van der Waals surface area contributed by atoms with E-state index in [0.29, 0.717) is 24.7 Å².